The van der Waals surface area contributed by atoms with Crippen LogP contribution in [0.2, 0.25) is 0 Å². The minimum Gasteiger partial charge on any atom is -0.445 e. The fraction of sp³-hybridized carbons (Fsp3) is 0.750. The van der Waals surface area contributed by atoms with Crippen molar-refractivity contribution in [1.82, 2.24) is 10.3 Å². The summed E-state index contributed by atoms with van der Waals surface area (Å²) in [4.78, 5) is 4.34. The van der Waals surface area contributed by atoms with Gasteiger partial charge in [0.25, 0.3) is 0 Å². The zero-order valence-electron chi connectivity index (χ0n) is 9.84. The molecular weight excluding hydrogens is 188 g/mol. The molecule has 84 valence electrons. The van der Waals surface area contributed by atoms with E-state index >= 15 is 0 Å². The molecule has 1 aromatic heterocycles. The lowest BCUT2D eigenvalue weighted by atomic mass is 9.94. The van der Waals surface area contributed by atoms with E-state index in [2.05, 4.69) is 31.1 Å². The summed E-state index contributed by atoms with van der Waals surface area (Å²) in [5, 5.41) is 3.45. The van der Waals surface area contributed by atoms with Gasteiger partial charge in [0.05, 0.1) is 6.20 Å². The molecule has 1 aliphatic heterocycles. The SMILES string of the molecule is CC(C)(C)c1cnc(CC2CCCN2)o1. The molecule has 0 spiro atoms. The third kappa shape index (κ3) is 2.59. The summed E-state index contributed by atoms with van der Waals surface area (Å²) >= 11 is 0. The lowest BCUT2D eigenvalue weighted by molar-refractivity contribution is 0.371. The summed E-state index contributed by atoms with van der Waals surface area (Å²) in [5.41, 5.74) is 0.0638. The second-order valence-corrected chi connectivity index (χ2v) is 5.37. The predicted octanol–water partition coefficient (Wildman–Crippen LogP) is 2.27. The average Bonchev–Trinajstić information content (AvgIpc) is 2.73. The van der Waals surface area contributed by atoms with Gasteiger partial charge in [0.1, 0.15) is 5.76 Å². The Morgan fingerprint density at radius 1 is 1.53 bits per heavy atom. The van der Waals surface area contributed by atoms with Crippen LogP contribution < -0.4 is 5.32 Å². The standard InChI is InChI=1S/C12H20N2O/c1-12(2,3)10-8-14-11(15-10)7-9-5-4-6-13-9/h8-9,13H,4-7H2,1-3H3. The van der Waals surface area contributed by atoms with Crippen molar-refractivity contribution in [3.63, 3.8) is 0 Å². The fourth-order valence-electron chi connectivity index (χ4n) is 1.89. The Balaban J connectivity index is 2.00. The molecule has 2 heterocycles. The van der Waals surface area contributed by atoms with E-state index < -0.39 is 0 Å². The summed E-state index contributed by atoms with van der Waals surface area (Å²) < 4.78 is 5.76. The zero-order valence-corrected chi connectivity index (χ0v) is 9.84. The van der Waals surface area contributed by atoms with Gasteiger partial charge < -0.3 is 9.73 Å². The molecular formula is C12H20N2O. The molecule has 0 bridgehead atoms. The molecule has 0 amide bonds. The molecule has 15 heavy (non-hydrogen) atoms. The van der Waals surface area contributed by atoms with Crippen molar-refractivity contribution < 1.29 is 4.42 Å². The maximum absolute atomic E-state index is 5.76. The lowest BCUT2D eigenvalue weighted by Crippen LogP contribution is -2.23. The average molecular weight is 208 g/mol. The number of nitrogens with zero attached hydrogens (tertiary/aromatic N) is 1. The highest BCUT2D eigenvalue weighted by molar-refractivity contribution is 5.06. The van der Waals surface area contributed by atoms with Gasteiger partial charge in [-0.25, -0.2) is 4.98 Å². The Hall–Kier alpha value is -0.830. The van der Waals surface area contributed by atoms with Crippen LogP contribution in [0.4, 0.5) is 0 Å². The second-order valence-electron chi connectivity index (χ2n) is 5.37. The Morgan fingerprint density at radius 2 is 2.33 bits per heavy atom. The summed E-state index contributed by atoms with van der Waals surface area (Å²) in [6.45, 7) is 7.57. The van der Waals surface area contributed by atoms with Crippen LogP contribution in [0.15, 0.2) is 10.6 Å². The first-order valence-corrected chi connectivity index (χ1v) is 5.74. The van der Waals surface area contributed by atoms with Crippen molar-refractivity contribution in [3.05, 3.63) is 17.8 Å². The summed E-state index contributed by atoms with van der Waals surface area (Å²) in [6, 6.07) is 0.566. The van der Waals surface area contributed by atoms with Crippen molar-refractivity contribution in [2.24, 2.45) is 0 Å². The Morgan fingerprint density at radius 3 is 2.87 bits per heavy atom. The van der Waals surface area contributed by atoms with Gasteiger partial charge in [-0.05, 0) is 19.4 Å². The number of hydrogen-bond acceptors (Lipinski definition) is 3. The molecule has 0 aliphatic carbocycles. The number of oxazole rings is 1. The fourth-order valence-corrected chi connectivity index (χ4v) is 1.89. The van der Waals surface area contributed by atoms with E-state index in [1.807, 2.05) is 6.20 Å². The Bertz CT molecular complexity index is 319. The van der Waals surface area contributed by atoms with E-state index in [9.17, 15) is 0 Å². The molecule has 1 fully saturated rings. The van der Waals surface area contributed by atoms with Crippen molar-refractivity contribution in [2.75, 3.05) is 6.54 Å². The molecule has 1 atom stereocenters. The maximum Gasteiger partial charge on any atom is 0.195 e. The van der Waals surface area contributed by atoms with Gasteiger partial charge in [0.15, 0.2) is 5.89 Å². The first-order chi connectivity index (χ1) is 7.05. The van der Waals surface area contributed by atoms with Crippen LogP contribution in [0.25, 0.3) is 0 Å². The van der Waals surface area contributed by atoms with Gasteiger partial charge >= 0.3 is 0 Å². The van der Waals surface area contributed by atoms with E-state index in [1.54, 1.807) is 0 Å². The largest absolute Gasteiger partial charge is 0.445 e. The van der Waals surface area contributed by atoms with Crippen molar-refractivity contribution in [3.8, 4) is 0 Å². The van der Waals surface area contributed by atoms with E-state index in [4.69, 9.17) is 4.42 Å². The van der Waals surface area contributed by atoms with Crippen molar-refractivity contribution >= 4 is 0 Å². The van der Waals surface area contributed by atoms with Gasteiger partial charge in [-0.1, -0.05) is 20.8 Å². The van der Waals surface area contributed by atoms with Gasteiger partial charge in [-0.15, -0.1) is 0 Å². The molecule has 1 saturated heterocycles. The molecule has 2 rings (SSSR count). The zero-order chi connectivity index (χ0) is 10.9. The highest BCUT2D eigenvalue weighted by Crippen LogP contribution is 2.23. The molecule has 3 nitrogen and oxygen atoms in total. The minimum atomic E-state index is 0.0638. The monoisotopic (exact) mass is 208 g/mol. The van der Waals surface area contributed by atoms with Crippen molar-refractivity contribution in [2.45, 2.75) is 51.5 Å². The highest BCUT2D eigenvalue weighted by Gasteiger charge is 2.21. The molecule has 0 saturated carbocycles. The smallest absolute Gasteiger partial charge is 0.195 e. The van der Waals surface area contributed by atoms with Crippen LogP contribution in [0.1, 0.15) is 45.3 Å². The molecule has 0 radical (unpaired) electrons. The summed E-state index contributed by atoms with van der Waals surface area (Å²) in [6.07, 6.45) is 5.31. The third-order valence-electron chi connectivity index (χ3n) is 2.88. The topological polar surface area (TPSA) is 38.1 Å². The number of hydrogen-bond donors (Lipinski definition) is 1. The van der Waals surface area contributed by atoms with Gasteiger partial charge in [-0.3, -0.25) is 0 Å². The van der Waals surface area contributed by atoms with E-state index in [0.29, 0.717) is 6.04 Å². The third-order valence-corrected chi connectivity index (χ3v) is 2.88. The number of aromatic nitrogens is 1. The Labute approximate surface area is 91.3 Å². The van der Waals surface area contributed by atoms with Crippen molar-refractivity contribution in [1.29, 1.82) is 0 Å². The quantitative estimate of drug-likeness (QED) is 0.810. The van der Waals surface area contributed by atoms with Gasteiger partial charge in [0, 0.05) is 17.9 Å². The van der Waals surface area contributed by atoms with Crippen LogP contribution in [0, 0.1) is 0 Å². The second kappa shape index (κ2) is 3.97. The number of nitrogens with one attached hydrogen (secondary N) is 1. The van der Waals surface area contributed by atoms with Crippen LogP contribution >= 0.6 is 0 Å². The number of rotatable bonds is 2. The van der Waals surface area contributed by atoms with Crippen LogP contribution in [0.3, 0.4) is 0 Å². The molecule has 1 aliphatic rings. The highest BCUT2D eigenvalue weighted by atomic mass is 16.4. The molecule has 0 aromatic carbocycles. The summed E-state index contributed by atoms with van der Waals surface area (Å²) in [7, 11) is 0. The maximum atomic E-state index is 5.76. The predicted molar refractivity (Wildman–Crippen MR) is 59.9 cm³/mol. The normalized spacial score (nSPS) is 22.2. The van der Waals surface area contributed by atoms with E-state index in [-0.39, 0.29) is 5.41 Å². The molecule has 1 aromatic rings. The first-order valence-electron chi connectivity index (χ1n) is 5.74. The first kappa shape index (κ1) is 10.7. The van der Waals surface area contributed by atoms with E-state index in [0.717, 1.165) is 24.6 Å². The minimum absolute atomic E-state index is 0.0638. The molecule has 3 heteroatoms. The van der Waals surface area contributed by atoms with E-state index in [1.165, 1.54) is 12.8 Å². The molecule has 1 unspecified atom stereocenters. The summed E-state index contributed by atoms with van der Waals surface area (Å²) in [5.74, 6) is 1.86. The lowest BCUT2D eigenvalue weighted by Gasteiger charge is -2.13. The molecule has 1 N–H and O–H groups in total. The van der Waals surface area contributed by atoms with Crippen LogP contribution in [-0.4, -0.2) is 17.6 Å². The van der Waals surface area contributed by atoms with Gasteiger partial charge in [-0.2, -0.15) is 0 Å². The Kier molecular flexibility index (Phi) is 2.83. The van der Waals surface area contributed by atoms with Gasteiger partial charge in [0.2, 0.25) is 0 Å². The van der Waals surface area contributed by atoms with Crippen LogP contribution in [-0.2, 0) is 11.8 Å². The van der Waals surface area contributed by atoms with Crippen LogP contribution in [0.5, 0.6) is 0 Å².